The summed E-state index contributed by atoms with van der Waals surface area (Å²) in [6.45, 7) is 5.36. The summed E-state index contributed by atoms with van der Waals surface area (Å²) >= 11 is 1.68. The number of aryl methyl sites for hydroxylation is 2. The third-order valence-electron chi connectivity index (χ3n) is 7.73. The first-order valence-corrected chi connectivity index (χ1v) is 15.8. The van der Waals surface area contributed by atoms with Crippen LogP contribution in [0.15, 0.2) is 41.6 Å². The Balaban J connectivity index is 1.24. The fraction of sp³-hybridized carbons (Fsp3) is 0.483. The summed E-state index contributed by atoms with van der Waals surface area (Å²) in [5, 5.41) is 1.06. The molecule has 1 fully saturated rings. The molecule has 8 nitrogen and oxygen atoms in total. The summed E-state index contributed by atoms with van der Waals surface area (Å²) in [5.41, 5.74) is 3.65. The van der Waals surface area contributed by atoms with Crippen molar-refractivity contribution in [3.63, 3.8) is 0 Å². The van der Waals surface area contributed by atoms with Gasteiger partial charge in [0.15, 0.2) is 0 Å². The van der Waals surface area contributed by atoms with Crippen LogP contribution in [0.25, 0.3) is 0 Å². The molecule has 39 heavy (non-hydrogen) atoms. The Bertz CT molecular complexity index is 1420. The third-order valence-corrected chi connectivity index (χ3v) is 11.1. The predicted molar refractivity (Wildman–Crippen MR) is 152 cm³/mol. The summed E-state index contributed by atoms with van der Waals surface area (Å²) in [5.74, 6) is 0.740. The third kappa shape index (κ3) is 6.02. The average molecular weight is 569 g/mol. The number of hydrogen-bond donors (Lipinski definition) is 0. The molecule has 10 heteroatoms. The van der Waals surface area contributed by atoms with Gasteiger partial charge in [0.05, 0.1) is 29.3 Å². The molecule has 0 N–H and O–H groups in total. The summed E-state index contributed by atoms with van der Waals surface area (Å²) in [6.07, 6.45) is 8.57. The van der Waals surface area contributed by atoms with Crippen LogP contribution in [0, 0.1) is 13.8 Å². The van der Waals surface area contributed by atoms with Crippen LogP contribution in [0.4, 0.5) is 0 Å². The Morgan fingerprint density at radius 1 is 1.13 bits per heavy atom. The van der Waals surface area contributed by atoms with E-state index in [1.165, 1.54) is 5.56 Å². The number of aromatic nitrogens is 2. The van der Waals surface area contributed by atoms with Gasteiger partial charge in [0.1, 0.15) is 5.75 Å². The van der Waals surface area contributed by atoms with Crippen molar-refractivity contribution in [1.29, 1.82) is 0 Å². The molecular formula is C29H36N4O4S2. The van der Waals surface area contributed by atoms with Crippen LogP contribution in [0.2, 0.25) is 0 Å². The Kier molecular flexibility index (Phi) is 8.35. The molecule has 4 heterocycles. The van der Waals surface area contributed by atoms with Crippen LogP contribution in [0.3, 0.4) is 0 Å². The zero-order valence-electron chi connectivity index (χ0n) is 22.9. The number of carbonyl (C=O) groups excluding carboxylic acids is 1. The standard InChI is InChI=1S/C29H36N4O4S2/c1-20-16-24(37-3)17-21(2)29(20)39(35,36)33-14-5-4-6-23(33)7-8-28(34)32-15-11-25-26(19-32)38-27(31-25)18-22-9-12-30-13-10-22/h9-10,12-13,16-17,23H,4-8,11,14-15,18-19H2,1-3H3. The maximum absolute atomic E-state index is 13.8. The van der Waals surface area contributed by atoms with Gasteiger partial charge in [-0.15, -0.1) is 11.3 Å². The monoisotopic (exact) mass is 568 g/mol. The van der Waals surface area contributed by atoms with E-state index in [0.717, 1.165) is 47.7 Å². The quantitative estimate of drug-likeness (QED) is 0.392. The highest BCUT2D eigenvalue weighted by molar-refractivity contribution is 7.89. The van der Waals surface area contributed by atoms with E-state index in [1.807, 2.05) is 30.9 Å². The minimum atomic E-state index is -3.69. The predicted octanol–water partition coefficient (Wildman–Crippen LogP) is 4.66. The number of pyridine rings is 1. The van der Waals surface area contributed by atoms with Crippen LogP contribution in [-0.4, -0.2) is 59.7 Å². The van der Waals surface area contributed by atoms with Gasteiger partial charge in [0.2, 0.25) is 15.9 Å². The minimum absolute atomic E-state index is 0.0875. The van der Waals surface area contributed by atoms with E-state index in [9.17, 15) is 13.2 Å². The van der Waals surface area contributed by atoms with E-state index < -0.39 is 10.0 Å². The van der Waals surface area contributed by atoms with Crippen LogP contribution in [0.5, 0.6) is 5.75 Å². The zero-order chi connectivity index (χ0) is 27.6. The van der Waals surface area contributed by atoms with E-state index in [1.54, 1.807) is 47.3 Å². The Morgan fingerprint density at radius 3 is 2.59 bits per heavy atom. The van der Waals surface area contributed by atoms with Crippen molar-refractivity contribution in [2.45, 2.75) is 76.3 Å². The molecule has 2 aliphatic heterocycles. The second kappa shape index (κ2) is 11.7. The summed E-state index contributed by atoms with van der Waals surface area (Å²) in [4.78, 5) is 25.6. The number of hydrogen-bond acceptors (Lipinski definition) is 7. The lowest BCUT2D eigenvalue weighted by molar-refractivity contribution is -0.132. The molecule has 0 spiro atoms. The minimum Gasteiger partial charge on any atom is -0.497 e. The lowest BCUT2D eigenvalue weighted by atomic mass is 10.00. The van der Waals surface area contributed by atoms with E-state index >= 15 is 0 Å². The average Bonchev–Trinajstić information content (AvgIpc) is 3.33. The molecule has 5 rings (SSSR count). The molecule has 208 valence electrons. The molecule has 1 unspecified atom stereocenters. The molecule has 3 aromatic rings. The molecule has 0 radical (unpaired) electrons. The topological polar surface area (TPSA) is 92.7 Å². The smallest absolute Gasteiger partial charge is 0.243 e. The number of thiazole rings is 1. The van der Waals surface area contributed by atoms with Gasteiger partial charge < -0.3 is 9.64 Å². The first-order valence-electron chi connectivity index (χ1n) is 13.6. The lowest BCUT2D eigenvalue weighted by Crippen LogP contribution is -2.45. The Labute approximate surface area is 235 Å². The largest absolute Gasteiger partial charge is 0.497 e. The number of methoxy groups -OCH3 is 1. The number of ether oxygens (including phenoxy) is 1. The fourth-order valence-corrected chi connectivity index (χ4v) is 9.10. The van der Waals surface area contributed by atoms with E-state index in [2.05, 4.69) is 4.98 Å². The summed E-state index contributed by atoms with van der Waals surface area (Å²) < 4.78 is 34.6. The number of benzene rings is 1. The van der Waals surface area contributed by atoms with Gasteiger partial charge in [-0.1, -0.05) is 6.42 Å². The lowest BCUT2D eigenvalue weighted by Gasteiger charge is -2.36. The van der Waals surface area contributed by atoms with Crippen molar-refractivity contribution in [2.24, 2.45) is 0 Å². The number of fused-ring (bicyclic) bond motifs is 1. The number of carbonyl (C=O) groups is 1. The van der Waals surface area contributed by atoms with Crippen molar-refractivity contribution in [2.75, 3.05) is 20.2 Å². The van der Waals surface area contributed by atoms with Crippen molar-refractivity contribution in [1.82, 2.24) is 19.2 Å². The first kappa shape index (κ1) is 27.7. The number of rotatable bonds is 8. The molecule has 0 saturated carbocycles. The Morgan fingerprint density at radius 2 is 1.87 bits per heavy atom. The summed E-state index contributed by atoms with van der Waals surface area (Å²) in [6, 6.07) is 7.37. The van der Waals surface area contributed by atoms with Gasteiger partial charge in [-0.2, -0.15) is 4.31 Å². The van der Waals surface area contributed by atoms with Gasteiger partial charge in [0.25, 0.3) is 0 Å². The number of nitrogens with zero attached hydrogens (tertiary/aromatic N) is 4. The van der Waals surface area contributed by atoms with Crippen LogP contribution < -0.4 is 4.74 Å². The van der Waals surface area contributed by atoms with E-state index in [4.69, 9.17) is 9.72 Å². The van der Waals surface area contributed by atoms with E-state index in [0.29, 0.717) is 54.2 Å². The maximum atomic E-state index is 13.8. The van der Waals surface area contributed by atoms with Gasteiger partial charge in [-0.05, 0) is 74.1 Å². The van der Waals surface area contributed by atoms with Crippen molar-refractivity contribution < 1.29 is 17.9 Å². The highest BCUT2D eigenvalue weighted by Gasteiger charge is 2.36. The highest BCUT2D eigenvalue weighted by Crippen LogP contribution is 2.33. The SMILES string of the molecule is COc1cc(C)c(S(=O)(=O)N2CCCCC2CCC(=O)N2CCc3nc(Cc4ccncc4)sc3C2)c(C)c1. The molecular weight excluding hydrogens is 532 g/mol. The molecule has 1 aromatic carbocycles. The normalized spacial score (nSPS) is 18.1. The van der Waals surface area contributed by atoms with Crippen molar-refractivity contribution in [3.05, 3.63) is 68.9 Å². The summed E-state index contributed by atoms with van der Waals surface area (Å²) in [7, 11) is -2.11. The van der Waals surface area contributed by atoms with Crippen molar-refractivity contribution in [3.8, 4) is 5.75 Å². The van der Waals surface area contributed by atoms with Gasteiger partial charge in [0, 0.05) is 55.7 Å². The highest BCUT2D eigenvalue weighted by atomic mass is 32.2. The molecule has 2 aliphatic rings. The maximum Gasteiger partial charge on any atom is 0.243 e. The Hall–Kier alpha value is -2.82. The first-order chi connectivity index (χ1) is 18.8. The van der Waals surface area contributed by atoms with Crippen LogP contribution in [0.1, 0.15) is 64.4 Å². The number of piperidine rings is 1. The zero-order valence-corrected chi connectivity index (χ0v) is 24.5. The van der Waals surface area contributed by atoms with Gasteiger partial charge in [-0.25, -0.2) is 13.4 Å². The fourth-order valence-electron chi connectivity index (χ4n) is 5.79. The molecule has 0 aliphatic carbocycles. The van der Waals surface area contributed by atoms with Crippen molar-refractivity contribution >= 4 is 27.3 Å². The van der Waals surface area contributed by atoms with Crippen LogP contribution >= 0.6 is 11.3 Å². The molecule has 1 amide bonds. The van der Waals surface area contributed by atoms with Crippen LogP contribution in [-0.2, 0) is 34.2 Å². The molecule has 0 bridgehead atoms. The second-order valence-electron chi connectivity index (χ2n) is 10.5. The second-order valence-corrected chi connectivity index (χ2v) is 13.5. The number of sulfonamides is 1. The van der Waals surface area contributed by atoms with E-state index in [-0.39, 0.29) is 11.9 Å². The number of amides is 1. The van der Waals surface area contributed by atoms with Gasteiger partial charge in [-0.3, -0.25) is 9.78 Å². The molecule has 2 aromatic heterocycles. The molecule has 1 saturated heterocycles. The van der Waals surface area contributed by atoms with Gasteiger partial charge >= 0.3 is 0 Å². The molecule has 1 atom stereocenters.